The highest BCUT2D eigenvalue weighted by molar-refractivity contribution is 5.92. The van der Waals surface area contributed by atoms with Gasteiger partial charge in [-0.2, -0.15) is 0 Å². The number of aromatic nitrogens is 6. The molecule has 9 heteroatoms. The molecule has 9 nitrogen and oxygen atoms in total. The molecular formula is C19H25N7O2. The van der Waals surface area contributed by atoms with Gasteiger partial charge < -0.3 is 18.6 Å². The maximum Gasteiger partial charge on any atom is 0.276 e. The van der Waals surface area contributed by atoms with Crippen LogP contribution in [0.15, 0.2) is 23.0 Å². The van der Waals surface area contributed by atoms with Crippen LogP contribution in [0.3, 0.4) is 0 Å². The third-order valence-electron chi connectivity index (χ3n) is 5.40. The van der Waals surface area contributed by atoms with E-state index in [0.717, 1.165) is 36.9 Å². The summed E-state index contributed by atoms with van der Waals surface area (Å²) < 4.78 is 9.29. The van der Waals surface area contributed by atoms with Crippen molar-refractivity contribution >= 4 is 5.91 Å². The maximum atomic E-state index is 12.6. The Bertz CT molecular complexity index is 963. The molecule has 3 aromatic rings. The summed E-state index contributed by atoms with van der Waals surface area (Å²) in [6.45, 7) is 8.73. The van der Waals surface area contributed by atoms with Gasteiger partial charge in [-0.05, 0) is 33.6 Å². The molecule has 1 saturated heterocycles. The molecule has 1 fully saturated rings. The van der Waals surface area contributed by atoms with Crippen LogP contribution >= 0.6 is 0 Å². The van der Waals surface area contributed by atoms with Crippen molar-refractivity contribution in [2.24, 2.45) is 0 Å². The van der Waals surface area contributed by atoms with Crippen molar-refractivity contribution in [2.45, 2.75) is 52.6 Å². The highest BCUT2D eigenvalue weighted by Gasteiger charge is 2.29. The van der Waals surface area contributed by atoms with Crippen LogP contribution in [0.2, 0.25) is 0 Å². The maximum absolute atomic E-state index is 12.6. The summed E-state index contributed by atoms with van der Waals surface area (Å²) in [7, 11) is 0. The highest BCUT2D eigenvalue weighted by atomic mass is 16.5. The third-order valence-corrected chi connectivity index (χ3v) is 5.40. The Labute approximate surface area is 163 Å². The number of aryl methyl sites for hydroxylation is 2. The lowest BCUT2D eigenvalue weighted by Gasteiger charge is -2.31. The Morgan fingerprint density at radius 2 is 2.04 bits per heavy atom. The van der Waals surface area contributed by atoms with E-state index in [-0.39, 0.29) is 5.91 Å². The Morgan fingerprint density at radius 3 is 2.64 bits per heavy atom. The number of rotatable bonds is 5. The fraction of sp³-hybridized carbons (Fsp3) is 0.526. The number of likely N-dealkylation sites (tertiary alicyclic amines) is 1. The van der Waals surface area contributed by atoms with E-state index < -0.39 is 0 Å². The normalized spacial score (nSPS) is 15.3. The van der Waals surface area contributed by atoms with Gasteiger partial charge in [0.25, 0.3) is 5.91 Å². The van der Waals surface area contributed by atoms with Crippen LogP contribution in [0.25, 0.3) is 0 Å². The van der Waals surface area contributed by atoms with Crippen molar-refractivity contribution in [3.05, 3.63) is 47.4 Å². The first-order chi connectivity index (χ1) is 13.6. The van der Waals surface area contributed by atoms with E-state index in [1.54, 1.807) is 19.2 Å². The Balaban J connectivity index is 1.44. The smallest absolute Gasteiger partial charge is 0.276 e. The minimum absolute atomic E-state index is 0.0662. The summed E-state index contributed by atoms with van der Waals surface area (Å²) in [5, 5.41) is 12.8. The SMILES string of the molecule is CCn1c(Cn2ccnc2C)nnc1C1CCN(C(=O)c2cc(C)on2)CC1. The molecule has 0 atom stereocenters. The lowest BCUT2D eigenvalue weighted by Crippen LogP contribution is -2.38. The molecule has 3 aromatic heterocycles. The molecular weight excluding hydrogens is 358 g/mol. The highest BCUT2D eigenvalue weighted by Crippen LogP contribution is 2.28. The van der Waals surface area contributed by atoms with Gasteiger partial charge in [0.1, 0.15) is 17.4 Å². The van der Waals surface area contributed by atoms with Crippen LogP contribution in [0, 0.1) is 13.8 Å². The topological polar surface area (TPSA) is 94.9 Å². The van der Waals surface area contributed by atoms with Crippen molar-refractivity contribution in [2.75, 3.05) is 13.1 Å². The van der Waals surface area contributed by atoms with Crippen molar-refractivity contribution in [3.8, 4) is 0 Å². The van der Waals surface area contributed by atoms with E-state index in [1.807, 2.05) is 18.0 Å². The first-order valence-corrected chi connectivity index (χ1v) is 9.69. The first-order valence-electron chi connectivity index (χ1n) is 9.69. The fourth-order valence-electron chi connectivity index (χ4n) is 3.81. The molecule has 0 bridgehead atoms. The van der Waals surface area contributed by atoms with Crippen molar-refractivity contribution in [1.82, 2.24) is 34.4 Å². The number of amides is 1. The fourth-order valence-corrected chi connectivity index (χ4v) is 3.81. The van der Waals surface area contributed by atoms with E-state index in [1.165, 1.54) is 0 Å². The van der Waals surface area contributed by atoms with E-state index in [2.05, 4.69) is 36.4 Å². The molecule has 0 spiro atoms. The molecule has 0 radical (unpaired) electrons. The van der Waals surface area contributed by atoms with E-state index >= 15 is 0 Å². The molecule has 1 aliphatic rings. The van der Waals surface area contributed by atoms with Gasteiger partial charge in [0.15, 0.2) is 11.5 Å². The number of imidazole rings is 1. The Hall–Kier alpha value is -2.97. The van der Waals surface area contributed by atoms with Gasteiger partial charge >= 0.3 is 0 Å². The van der Waals surface area contributed by atoms with Gasteiger partial charge in [-0.25, -0.2) is 4.98 Å². The molecule has 148 valence electrons. The predicted molar refractivity (Wildman–Crippen MR) is 101 cm³/mol. The molecule has 0 N–H and O–H groups in total. The summed E-state index contributed by atoms with van der Waals surface area (Å²) in [6.07, 6.45) is 5.49. The van der Waals surface area contributed by atoms with Crippen molar-refractivity contribution < 1.29 is 9.32 Å². The average molecular weight is 383 g/mol. The van der Waals surface area contributed by atoms with E-state index in [4.69, 9.17) is 4.52 Å². The van der Waals surface area contributed by atoms with Crippen molar-refractivity contribution in [3.63, 3.8) is 0 Å². The quantitative estimate of drug-likeness (QED) is 0.670. The van der Waals surface area contributed by atoms with E-state index in [9.17, 15) is 4.79 Å². The van der Waals surface area contributed by atoms with Crippen LogP contribution in [0.5, 0.6) is 0 Å². The third kappa shape index (κ3) is 3.44. The summed E-state index contributed by atoms with van der Waals surface area (Å²) in [6, 6.07) is 1.69. The predicted octanol–water partition coefficient (Wildman–Crippen LogP) is 2.17. The van der Waals surface area contributed by atoms with Gasteiger partial charge in [-0.15, -0.1) is 10.2 Å². The minimum Gasteiger partial charge on any atom is -0.361 e. The summed E-state index contributed by atoms with van der Waals surface area (Å²) >= 11 is 0. The molecule has 4 heterocycles. The number of hydrogen-bond acceptors (Lipinski definition) is 6. The second-order valence-corrected chi connectivity index (χ2v) is 7.21. The molecule has 0 aromatic carbocycles. The summed E-state index contributed by atoms with van der Waals surface area (Å²) in [5.41, 5.74) is 0.380. The first kappa shape index (κ1) is 18.4. The summed E-state index contributed by atoms with van der Waals surface area (Å²) in [5.74, 6) is 3.79. The molecule has 1 amide bonds. The Kier molecular flexibility index (Phi) is 4.97. The number of nitrogens with zero attached hydrogens (tertiary/aromatic N) is 7. The van der Waals surface area contributed by atoms with Gasteiger partial charge in [-0.1, -0.05) is 5.16 Å². The number of hydrogen-bond donors (Lipinski definition) is 0. The van der Waals surface area contributed by atoms with Gasteiger partial charge in [0.2, 0.25) is 0 Å². The zero-order valence-corrected chi connectivity index (χ0v) is 16.5. The van der Waals surface area contributed by atoms with Gasteiger partial charge in [0.05, 0.1) is 6.54 Å². The molecule has 0 saturated carbocycles. The lowest BCUT2D eigenvalue weighted by molar-refractivity contribution is 0.0699. The van der Waals surface area contributed by atoms with Crippen LogP contribution < -0.4 is 0 Å². The van der Waals surface area contributed by atoms with Gasteiger partial charge in [-0.3, -0.25) is 4.79 Å². The number of carbonyl (C=O) groups excluding carboxylic acids is 1. The second-order valence-electron chi connectivity index (χ2n) is 7.21. The van der Waals surface area contributed by atoms with Crippen molar-refractivity contribution in [1.29, 1.82) is 0 Å². The molecule has 28 heavy (non-hydrogen) atoms. The zero-order chi connectivity index (χ0) is 19.7. The minimum atomic E-state index is -0.0662. The van der Waals surface area contributed by atoms with Crippen LogP contribution in [-0.2, 0) is 13.1 Å². The standard InChI is InChI=1S/C19H25N7O2/c1-4-26-17(12-25-10-7-20-14(25)3)21-22-18(26)15-5-8-24(9-6-15)19(27)16-11-13(2)28-23-16/h7,10-11,15H,4-6,8-9,12H2,1-3H3. The monoisotopic (exact) mass is 383 g/mol. The molecule has 1 aliphatic heterocycles. The zero-order valence-electron chi connectivity index (χ0n) is 16.5. The number of piperidine rings is 1. The van der Waals surface area contributed by atoms with Crippen LogP contribution in [0.1, 0.15) is 59.4 Å². The van der Waals surface area contributed by atoms with Crippen LogP contribution in [-0.4, -0.2) is 53.4 Å². The molecule has 0 unspecified atom stereocenters. The second kappa shape index (κ2) is 7.57. The van der Waals surface area contributed by atoms with Gasteiger partial charge in [0, 0.05) is 44.0 Å². The van der Waals surface area contributed by atoms with E-state index in [0.29, 0.717) is 37.0 Å². The molecule has 4 rings (SSSR count). The summed E-state index contributed by atoms with van der Waals surface area (Å²) in [4.78, 5) is 18.7. The van der Waals surface area contributed by atoms with Crippen LogP contribution in [0.4, 0.5) is 0 Å². The average Bonchev–Trinajstić information content (AvgIpc) is 3.42. The Morgan fingerprint density at radius 1 is 1.25 bits per heavy atom. The molecule has 0 aliphatic carbocycles. The largest absolute Gasteiger partial charge is 0.361 e. The lowest BCUT2D eigenvalue weighted by atomic mass is 9.95. The number of carbonyl (C=O) groups is 1.